The van der Waals surface area contributed by atoms with E-state index in [9.17, 15) is 8.42 Å². The average molecular weight is 275 g/mol. The minimum Gasteiger partial charge on any atom is -0.330 e. The molecule has 0 aromatic rings. The summed E-state index contributed by atoms with van der Waals surface area (Å²) in [5.74, 6) is 0.316. The van der Waals surface area contributed by atoms with Gasteiger partial charge in [0.15, 0.2) is 0 Å². The zero-order valence-electron chi connectivity index (χ0n) is 11.2. The molecule has 6 heteroatoms. The SMILES string of the molecule is CCC1(CNS(=O)(=O)N2CCCC(CN)C2)CC1. The first-order valence-corrected chi connectivity index (χ1v) is 8.40. The Morgan fingerprint density at radius 3 is 2.72 bits per heavy atom. The first-order valence-electron chi connectivity index (χ1n) is 6.96. The van der Waals surface area contributed by atoms with Crippen LogP contribution in [0.15, 0.2) is 0 Å². The number of hydrogen-bond donors (Lipinski definition) is 2. The summed E-state index contributed by atoms with van der Waals surface area (Å²) < 4.78 is 28.8. The third kappa shape index (κ3) is 3.23. The molecule has 1 atom stereocenters. The fraction of sp³-hybridized carbons (Fsp3) is 1.00. The van der Waals surface area contributed by atoms with Gasteiger partial charge in [0.2, 0.25) is 0 Å². The van der Waals surface area contributed by atoms with Crippen LogP contribution in [0.4, 0.5) is 0 Å². The van der Waals surface area contributed by atoms with Crippen LogP contribution in [0, 0.1) is 11.3 Å². The maximum atomic E-state index is 12.2. The van der Waals surface area contributed by atoms with Crippen LogP contribution in [0.3, 0.4) is 0 Å². The van der Waals surface area contributed by atoms with E-state index in [1.54, 1.807) is 4.31 Å². The van der Waals surface area contributed by atoms with Crippen molar-refractivity contribution in [1.29, 1.82) is 0 Å². The number of nitrogens with zero attached hydrogens (tertiary/aromatic N) is 1. The van der Waals surface area contributed by atoms with Crippen LogP contribution in [-0.2, 0) is 10.2 Å². The van der Waals surface area contributed by atoms with Crippen molar-refractivity contribution in [2.24, 2.45) is 17.1 Å². The van der Waals surface area contributed by atoms with E-state index in [2.05, 4.69) is 11.6 Å². The Balaban J connectivity index is 1.89. The van der Waals surface area contributed by atoms with E-state index in [0.29, 0.717) is 32.1 Å². The van der Waals surface area contributed by atoms with Crippen LogP contribution in [0.25, 0.3) is 0 Å². The molecule has 0 bridgehead atoms. The van der Waals surface area contributed by atoms with Gasteiger partial charge in [-0.2, -0.15) is 12.7 Å². The summed E-state index contributed by atoms with van der Waals surface area (Å²) in [6.07, 6.45) is 5.32. The fourth-order valence-corrected chi connectivity index (χ4v) is 4.05. The van der Waals surface area contributed by atoms with E-state index in [1.165, 1.54) is 0 Å². The number of nitrogens with one attached hydrogen (secondary N) is 1. The lowest BCUT2D eigenvalue weighted by Gasteiger charge is -2.31. The molecular formula is C12H25N3O2S. The molecule has 1 heterocycles. The molecule has 5 nitrogen and oxygen atoms in total. The molecule has 18 heavy (non-hydrogen) atoms. The normalized spacial score (nSPS) is 28.2. The summed E-state index contributed by atoms with van der Waals surface area (Å²) in [7, 11) is -3.30. The molecule has 2 rings (SSSR count). The van der Waals surface area contributed by atoms with Gasteiger partial charge in [0.25, 0.3) is 10.2 Å². The Hall–Kier alpha value is -0.170. The summed E-state index contributed by atoms with van der Waals surface area (Å²) in [5.41, 5.74) is 5.89. The number of rotatable bonds is 6. The highest BCUT2D eigenvalue weighted by atomic mass is 32.2. The van der Waals surface area contributed by atoms with E-state index in [4.69, 9.17) is 5.73 Å². The van der Waals surface area contributed by atoms with Crippen LogP contribution in [0.5, 0.6) is 0 Å². The Kier molecular flexibility index (Phi) is 4.31. The van der Waals surface area contributed by atoms with Gasteiger partial charge in [-0.15, -0.1) is 0 Å². The van der Waals surface area contributed by atoms with E-state index in [-0.39, 0.29) is 5.41 Å². The second kappa shape index (κ2) is 5.45. The molecule has 1 saturated carbocycles. The highest BCUT2D eigenvalue weighted by Crippen LogP contribution is 2.48. The van der Waals surface area contributed by atoms with Crippen molar-refractivity contribution in [3.05, 3.63) is 0 Å². The van der Waals surface area contributed by atoms with Crippen molar-refractivity contribution >= 4 is 10.2 Å². The van der Waals surface area contributed by atoms with Crippen molar-refractivity contribution in [1.82, 2.24) is 9.03 Å². The van der Waals surface area contributed by atoms with Crippen molar-refractivity contribution in [2.75, 3.05) is 26.2 Å². The van der Waals surface area contributed by atoms with Gasteiger partial charge in [0, 0.05) is 19.6 Å². The molecule has 3 N–H and O–H groups in total. The standard InChI is InChI=1S/C12H25N3O2S/c1-2-12(5-6-12)10-14-18(16,17)15-7-3-4-11(8-13)9-15/h11,14H,2-10,13H2,1H3. The maximum Gasteiger partial charge on any atom is 0.279 e. The third-order valence-corrected chi connectivity index (χ3v) is 6.01. The van der Waals surface area contributed by atoms with Gasteiger partial charge < -0.3 is 5.73 Å². The lowest BCUT2D eigenvalue weighted by Crippen LogP contribution is -2.48. The van der Waals surface area contributed by atoms with Gasteiger partial charge in [-0.1, -0.05) is 6.92 Å². The van der Waals surface area contributed by atoms with E-state index in [0.717, 1.165) is 32.1 Å². The van der Waals surface area contributed by atoms with Crippen LogP contribution in [-0.4, -0.2) is 38.9 Å². The minimum absolute atomic E-state index is 0.246. The second-order valence-electron chi connectivity index (χ2n) is 5.78. The molecule has 1 unspecified atom stereocenters. The molecule has 106 valence electrons. The highest BCUT2D eigenvalue weighted by Gasteiger charge is 2.42. The lowest BCUT2D eigenvalue weighted by atomic mass is 10.0. The van der Waals surface area contributed by atoms with E-state index < -0.39 is 10.2 Å². The van der Waals surface area contributed by atoms with Crippen molar-refractivity contribution < 1.29 is 8.42 Å². The monoisotopic (exact) mass is 275 g/mol. The summed E-state index contributed by atoms with van der Waals surface area (Å²) >= 11 is 0. The van der Waals surface area contributed by atoms with Crippen LogP contribution >= 0.6 is 0 Å². The van der Waals surface area contributed by atoms with Crippen LogP contribution in [0.2, 0.25) is 0 Å². The Bertz CT molecular complexity index is 379. The van der Waals surface area contributed by atoms with Crippen molar-refractivity contribution in [3.63, 3.8) is 0 Å². The first kappa shape index (κ1) is 14.2. The molecule has 1 aliphatic carbocycles. The fourth-order valence-electron chi connectivity index (χ4n) is 2.61. The average Bonchev–Trinajstić information content (AvgIpc) is 3.17. The third-order valence-electron chi connectivity index (χ3n) is 4.49. The topological polar surface area (TPSA) is 75.4 Å². The molecule has 0 aromatic heterocycles. The van der Waals surface area contributed by atoms with Crippen molar-refractivity contribution in [3.8, 4) is 0 Å². The number of nitrogens with two attached hydrogens (primary N) is 1. The predicted octanol–water partition coefficient (Wildman–Crippen LogP) is 0.682. The quantitative estimate of drug-likeness (QED) is 0.748. The predicted molar refractivity (Wildman–Crippen MR) is 72.2 cm³/mol. The molecule has 0 amide bonds. The van der Waals surface area contributed by atoms with Crippen molar-refractivity contribution in [2.45, 2.75) is 39.0 Å². The largest absolute Gasteiger partial charge is 0.330 e. The lowest BCUT2D eigenvalue weighted by molar-refractivity contribution is 0.267. The van der Waals surface area contributed by atoms with Crippen LogP contribution < -0.4 is 10.5 Å². The summed E-state index contributed by atoms with van der Waals surface area (Å²) in [5, 5.41) is 0. The molecule has 2 fully saturated rings. The molecule has 1 aliphatic heterocycles. The summed E-state index contributed by atoms with van der Waals surface area (Å²) in [6.45, 7) is 4.50. The van der Waals surface area contributed by atoms with E-state index in [1.807, 2.05) is 0 Å². The van der Waals surface area contributed by atoms with Gasteiger partial charge in [-0.05, 0) is 50.0 Å². The second-order valence-corrected chi connectivity index (χ2v) is 7.54. The molecular weight excluding hydrogens is 250 g/mol. The molecule has 0 aromatic carbocycles. The molecule has 0 radical (unpaired) electrons. The Morgan fingerprint density at radius 2 is 2.17 bits per heavy atom. The number of piperidine rings is 1. The van der Waals surface area contributed by atoms with Crippen LogP contribution in [0.1, 0.15) is 39.0 Å². The van der Waals surface area contributed by atoms with Gasteiger partial charge in [-0.25, -0.2) is 4.72 Å². The zero-order valence-corrected chi connectivity index (χ0v) is 12.0. The summed E-state index contributed by atoms with van der Waals surface area (Å²) in [4.78, 5) is 0. The van der Waals surface area contributed by atoms with Gasteiger partial charge in [0.05, 0.1) is 0 Å². The minimum atomic E-state index is -3.30. The summed E-state index contributed by atoms with van der Waals surface area (Å²) in [6, 6.07) is 0. The van der Waals surface area contributed by atoms with E-state index >= 15 is 0 Å². The van der Waals surface area contributed by atoms with Gasteiger partial charge >= 0.3 is 0 Å². The van der Waals surface area contributed by atoms with Gasteiger partial charge in [0.1, 0.15) is 0 Å². The highest BCUT2D eigenvalue weighted by molar-refractivity contribution is 7.87. The molecule has 1 saturated heterocycles. The van der Waals surface area contributed by atoms with Gasteiger partial charge in [-0.3, -0.25) is 0 Å². The Morgan fingerprint density at radius 1 is 1.44 bits per heavy atom. The Labute approximate surface area is 110 Å². The maximum absolute atomic E-state index is 12.2. The number of hydrogen-bond acceptors (Lipinski definition) is 3. The smallest absolute Gasteiger partial charge is 0.279 e. The zero-order chi connectivity index (χ0) is 13.2. The molecule has 2 aliphatic rings. The molecule has 0 spiro atoms. The first-order chi connectivity index (χ1) is 8.51.